The Morgan fingerprint density at radius 2 is 1.97 bits per heavy atom. The minimum absolute atomic E-state index is 0. The van der Waals surface area contributed by atoms with Crippen LogP contribution in [0.1, 0.15) is 26.3 Å². The molecule has 0 radical (unpaired) electrons. The second kappa shape index (κ2) is 10.6. The van der Waals surface area contributed by atoms with Crippen molar-refractivity contribution in [1.29, 1.82) is 0 Å². The first-order valence-electron chi connectivity index (χ1n) is 10.0. The van der Waals surface area contributed by atoms with Crippen LogP contribution < -0.4 is 10.6 Å². The number of ether oxygens (including phenoxy) is 1. The number of rotatable bonds is 4. The molecule has 0 aliphatic carbocycles. The van der Waals surface area contributed by atoms with Crippen LogP contribution in [0.3, 0.4) is 0 Å². The molecule has 29 heavy (non-hydrogen) atoms. The summed E-state index contributed by atoms with van der Waals surface area (Å²) in [5.74, 6) is 0.717. The highest BCUT2D eigenvalue weighted by atomic mass is 127. The first-order valence-corrected chi connectivity index (χ1v) is 10.0. The van der Waals surface area contributed by atoms with Crippen LogP contribution in [0, 0.1) is 0 Å². The fourth-order valence-corrected chi connectivity index (χ4v) is 3.90. The topological polar surface area (TPSA) is 69.2 Å². The quantitative estimate of drug-likeness (QED) is 0.363. The summed E-state index contributed by atoms with van der Waals surface area (Å²) >= 11 is 0. The highest BCUT2D eigenvalue weighted by Crippen LogP contribution is 2.24. The molecular weight excluding hydrogens is 481 g/mol. The van der Waals surface area contributed by atoms with E-state index in [2.05, 4.69) is 49.7 Å². The van der Waals surface area contributed by atoms with Crippen LogP contribution in [-0.2, 0) is 16.1 Å². The smallest absolute Gasteiger partial charge is 0.239 e. The van der Waals surface area contributed by atoms with E-state index < -0.39 is 0 Å². The number of aliphatic imine (C=N–C) groups is 1. The molecule has 1 aromatic rings. The molecule has 2 saturated heterocycles. The van der Waals surface area contributed by atoms with Gasteiger partial charge < -0.3 is 20.3 Å². The summed E-state index contributed by atoms with van der Waals surface area (Å²) in [5.41, 5.74) is 1.08. The first-order chi connectivity index (χ1) is 13.4. The fraction of sp³-hybridized carbons (Fsp3) is 0.619. The van der Waals surface area contributed by atoms with E-state index in [0.717, 1.165) is 38.7 Å². The van der Waals surface area contributed by atoms with Crippen molar-refractivity contribution in [3.05, 3.63) is 35.9 Å². The molecule has 0 saturated carbocycles. The zero-order valence-corrected chi connectivity index (χ0v) is 20.2. The Bertz CT molecular complexity index is 692. The lowest BCUT2D eigenvalue weighted by atomic mass is 10.1. The molecule has 2 aliphatic rings. The number of nitrogens with one attached hydrogen (secondary N) is 2. The molecule has 0 aromatic heterocycles. The number of guanidine groups is 1. The molecule has 8 heteroatoms. The average molecular weight is 515 g/mol. The third kappa shape index (κ3) is 6.82. The third-order valence-corrected chi connectivity index (χ3v) is 5.08. The van der Waals surface area contributed by atoms with Crippen LogP contribution in [0.5, 0.6) is 0 Å². The summed E-state index contributed by atoms with van der Waals surface area (Å²) in [6.45, 7) is 10.4. The van der Waals surface area contributed by atoms with Gasteiger partial charge in [-0.2, -0.15) is 0 Å². The van der Waals surface area contributed by atoms with Gasteiger partial charge in [0.05, 0.1) is 25.3 Å². The highest BCUT2D eigenvalue weighted by Gasteiger charge is 2.41. The Morgan fingerprint density at radius 3 is 2.62 bits per heavy atom. The third-order valence-electron chi connectivity index (χ3n) is 5.08. The maximum absolute atomic E-state index is 12.1. The fourth-order valence-electron chi connectivity index (χ4n) is 3.90. The van der Waals surface area contributed by atoms with Gasteiger partial charge in [-0.05, 0) is 26.3 Å². The zero-order chi connectivity index (χ0) is 20.1. The van der Waals surface area contributed by atoms with Crippen molar-refractivity contribution in [2.75, 3.05) is 39.8 Å². The van der Waals surface area contributed by atoms with Gasteiger partial charge in [0.2, 0.25) is 5.91 Å². The van der Waals surface area contributed by atoms with Gasteiger partial charge in [-0.3, -0.25) is 14.7 Å². The van der Waals surface area contributed by atoms with Crippen LogP contribution in [0.4, 0.5) is 0 Å². The van der Waals surface area contributed by atoms with Gasteiger partial charge in [0.1, 0.15) is 0 Å². The SMILES string of the molecule is CN=C(NCC(=O)NC(C)(C)C)N1CC2OCCN(Cc3ccccc3)C2C1.I. The number of morpholine rings is 1. The van der Waals surface area contributed by atoms with Crippen molar-refractivity contribution in [3.63, 3.8) is 0 Å². The molecular formula is C21H34IN5O2. The zero-order valence-electron chi connectivity index (χ0n) is 17.9. The number of nitrogens with zero attached hydrogens (tertiary/aromatic N) is 3. The maximum Gasteiger partial charge on any atom is 0.239 e. The standard InChI is InChI=1S/C21H33N5O2.HI/c1-21(2,3)24-19(27)12-23-20(22-4)26-14-17-18(15-26)28-11-10-25(17)13-16-8-6-5-7-9-16;/h5-9,17-18H,10-15H2,1-4H3,(H,22,23)(H,24,27);1H. The van der Waals surface area contributed by atoms with E-state index in [0.29, 0.717) is 6.04 Å². The molecule has 1 aromatic carbocycles. The van der Waals surface area contributed by atoms with Crippen molar-refractivity contribution < 1.29 is 9.53 Å². The number of carbonyl (C=O) groups is 1. The molecule has 7 nitrogen and oxygen atoms in total. The molecule has 2 atom stereocenters. The van der Waals surface area contributed by atoms with E-state index in [4.69, 9.17) is 4.74 Å². The number of halogens is 1. The van der Waals surface area contributed by atoms with Crippen LogP contribution in [0.25, 0.3) is 0 Å². The minimum Gasteiger partial charge on any atom is -0.373 e. The summed E-state index contributed by atoms with van der Waals surface area (Å²) in [6.07, 6.45) is 0.166. The molecule has 2 N–H and O–H groups in total. The van der Waals surface area contributed by atoms with Crippen molar-refractivity contribution in [1.82, 2.24) is 20.4 Å². The Balaban J connectivity index is 0.00000300. The number of benzene rings is 1. The number of hydrogen-bond donors (Lipinski definition) is 2. The Labute approximate surface area is 191 Å². The van der Waals surface area contributed by atoms with E-state index >= 15 is 0 Å². The largest absolute Gasteiger partial charge is 0.373 e. The Hall–Kier alpha value is -1.39. The number of hydrogen-bond acceptors (Lipinski definition) is 4. The summed E-state index contributed by atoms with van der Waals surface area (Å²) in [7, 11) is 1.76. The number of likely N-dealkylation sites (tertiary alicyclic amines) is 1. The lowest BCUT2D eigenvalue weighted by Gasteiger charge is -2.36. The van der Waals surface area contributed by atoms with Crippen molar-refractivity contribution in [2.45, 2.75) is 45.0 Å². The van der Waals surface area contributed by atoms with Crippen LogP contribution in [-0.4, -0.2) is 79.2 Å². The van der Waals surface area contributed by atoms with E-state index in [1.807, 2.05) is 26.8 Å². The molecule has 2 fully saturated rings. The number of fused-ring (bicyclic) bond motifs is 1. The van der Waals surface area contributed by atoms with Gasteiger partial charge in [0, 0.05) is 38.8 Å². The monoisotopic (exact) mass is 515 g/mol. The summed E-state index contributed by atoms with van der Waals surface area (Å²) in [5, 5.41) is 6.16. The van der Waals surface area contributed by atoms with Crippen LogP contribution in [0.2, 0.25) is 0 Å². The summed E-state index contributed by atoms with van der Waals surface area (Å²) < 4.78 is 6.04. The highest BCUT2D eigenvalue weighted by molar-refractivity contribution is 14.0. The van der Waals surface area contributed by atoms with E-state index in [1.165, 1.54) is 5.56 Å². The minimum atomic E-state index is -0.239. The summed E-state index contributed by atoms with van der Waals surface area (Å²) in [6, 6.07) is 10.9. The molecule has 3 rings (SSSR count). The molecule has 162 valence electrons. The average Bonchev–Trinajstić information content (AvgIpc) is 3.07. The molecule has 1 amide bonds. The van der Waals surface area contributed by atoms with Gasteiger partial charge in [-0.15, -0.1) is 24.0 Å². The lowest BCUT2D eigenvalue weighted by Crippen LogP contribution is -2.50. The number of carbonyl (C=O) groups excluding carboxylic acids is 1. The van der Waals surface area contributed by atoms with Crippen LogP contribution in [0.15, 0.2) is 35.3 Å². The Morgan fingerprint density at radius 1 is 1.24 bits per heavy atom. The van der Waals surface area contributed by atoms with E-state index in [-0.39, 0.29) is 48.1 Å². The van der Waals surface area contributed by atoms with Gasteiger partial charge in [0.25, 0.3) is 0 Å². The molecule has 2 unspecified atom stereocenters. The Kier molecular flexibility index (Phi) is 8.72. The van der Waals surface area contributed by atoms with Gasteiger partial charge in [-0.1, -0.05) is 30.3 Å². The molecule has 2 heterocycles. The number of amides is 1. The lowest BCUT2D eigenvalue weighted by molar-refractivity contribution is -0.121. The van der Waals surface area contributed by atoms with Crippen molar-refractivity contribution in [3.8, 4) is 0 Å². The van der Waals surface area contributed by atoms with Gasteiger partial charge >= 0.3 is 0 Å². The van der Waals surface area contributed by atoms with E-state index in [1.54, 1.807) is 7.05 Å². The van der Waals surface area contributed by atoms with Crippen LogP contribution >= 0.6 is 24.0 Å². The molecule has 0 bridgehead atoms. The normalized spacial score (nSPS) is 22.6. The second-order valence-corrected chi connectivity index (χ2v) is 8.54. The molecule has 0 spiro atoms. The first kappa shape index (κ1) is 23.9. The predicted molar refractivity (Wildman–Crippen MR) is 127 cm³/mol. The van der Waals surface area contributed by atoms with Gasteiger partial charge in [0.15, 0.2) is 5.96 Å². The molecule has 2 aliphatic heterocycles. The van der Waals surface area contributed by atoms with Crippen molar-refractivity contribution in [2.24, 2.45) is 4.99 Å². The second-order valence-electron chi connectivity index (χ2n) is 8.54. The van der Waals surface area contributed by atoms with Gasteiger partial charge in [-0.25, -0.2) is 0 Å². The maximum atomic E-state index is 12.1. The predicted octanol–water partition coefficient (Wildman–Crippen LogP) is 1.68. The summed E-state index contributed by atoms with van der Waals surface area (Å²) in [4.78, 5) is 21.2. The van der Waals surface area contributed by atoms with Crippen molar-refractivity contribution >= 4 is 35.8 Å². The van der Waals surface area contributed by atoms with E-state index in [9.17, 15) is 4.79 Å².